The molecule has 2 N–H and O–H groups in total. The second-order valence-corrected chi connectivity index (χ2v) is 7.33. The number of carbonyl (C=O) groups excluding carboxylic acids is 1. The Morgan fingerprint density at radius 1 is 1.33 bits per heavy atom. The van der Waals surface area contributed by atoms with Crippen LogP contribution >= 0.6 is 11.6 Å². The first-order chi connectivity index (χ1) is 14.4. The van der Waals surface area contributed by atoms with Crippen molar-refractivity contribution in [2.24, 2.45) is 0 Å². The second-order valence-electron chi connectivity index (χ2n) is 6.92. The van der Waals surface area contributed by atoms with Crippen LogP contribution in [0.5, 0.6) is 0 Å². The first kappa shape index (κ1) is 19.9. The molecule has 1 atom stereocenters. The largest absolute Gasteiger partial charge is 0.373 e. The van der Waals surface area contributed by atoms with E-state index in [4.69, 9.17) is 21.6 Å². The lowest BCUT2D eigenvalue weighted by Crippen LogP contribution is -2.39. The van der Waals surface area contributed by atoms with Gasteiger partial charge in [0.15, 0.2) is 0 Å². The molecule has 2 aromatic carbocycles. The van der Waals surface area contributed by atoms with E-state index in [2.05, 4.69) is 10.3 Å². The van der Waals surface area contributed by atoms with Crippen molar-refractivity contribution in [1.82, 2.24) is 9.88 Å². The zero-order chi connectivity index (χ0) is 21.4. The van der Waals surface area contributed by atoms with Gasteiger partial charge in [0, 0.05) is 29.4 Å². The summed E-state index contributed by atoms with van der Waals surface area (Å²) in [4.78, 5) is 29.6. The molecule has 0 radical (unpaired) electrons. The summed E-state index contributed by atoms with van der Waals surface area (Å²) in [5.41, 5.74) is 1.74. The molecular formula is C21H16ClFN4O3. The van der Waals surface area contributed by atoms with Crippen molar-refractivity contribution in [2.75, 3.05) is 19.0 Å². The Bertz CT molecular complexity index is 1270. The van der Waals surface area contributed by atoms with E-state index in [0.717, 1.165) is 5.56 Å². The van der Waals surface area contributed by atoms with Crippen LogP contribution in [0.15, 0.2) is 41.2 Å². The maximum absolute atomic E-state index is 13.4. The number of urea groups is 1. The molecule has 0 spiro atoms. The summed E-state index contributed by atoms with van der Waals surface area (Å²) in [7, 11) is 1.60. The molecule has 2 amide bonds. The lowest BCUT2D eigenvalue weighted by molar-refractivity contribution is 0.0527. The monoisotopic (exact) mass is 426 g/mol. The molecule has 0 bridgehead atoms. The number of ether oxygens (including phenoxy) is 1. The zero-order valence-electron chi connectivity index (χ0n) is 15.8. The van der Waals surface area contributed by atoms with E-state index in [1.54, 1.807) is 19.2 Å². The number of nitrogens with zero attached hydrogens (tertiary/aromatic N) is 2. The van der Waals surface area contributed by atoms with Crippen molar-refractivity contribution in [3.8, 4) is 6.07 Å². The first-order valence-electron chi connectivity index (χ1n) is 9.04. The van der Waals surface area contributed by atoms with Gasteiger partial charge in [-0.25, -0.2) is 9.18 Å². The Hall–Kier alpha value is -3.41. The third-order valence-electron chi connectivity index (χ3n) is 5.09. The van der Waals surface area contributed by atoms with Gasteiger partial charge in [0.25, 0.3) is 5.56 Å². The summed E-state index contributed by atoms with van der Waals surface area (Å²) in [6.07, 6.45) is 0. The lowest BCUT2D eigenvalue weighted by atomic mass is 9.95. The SMILES string of the molecule is CN(C(=O)Nc1ccc(F)c(Cl)c1)[C@H]1COCc2[nH]c(=O)c3cc(C#N)ccc3c21. The Morgan fingerprint density at radius 2 is 2.13 bits per heavy atom. The average molecular weight is 427 g/mol. The van der Waals surface area contributed by atoms with Gasteiger partial charge in [0.05, 0.1) is 35.9 Å². The third kappa shape index (κ3) is 3.49. The van der Waals surface area contributed by atoms with E-state index in [9.17, 15) is 14.0 Å². The number of nitrogens with one attached hydrogen (secondary N) is 2. The minimum Gasteiger partial charge on any atom is -0.373 e. The fourth-order valence-corrected chi connectivity index (χ4v) is 3.73. The number of carbonyl (C=O) groups is 1. The minimum atomic E-state index is -0.579. The third-order valence-corrected chi connectivity index (χ3v) is 5.38. The molecule has 30 heavy (non-hydrogen) atoms. The van der Waals surface area contributed by atoms with Gasteiger partial charge < -0.3 is 19.9 Å². The van der Waals surface area contributed by atoms with Crippen LogP contribution in [0.25, 0.3) is 10.8 Å². The van der Waals surface area contributed by atoms with Crippen molar-refractivity contribution in [1.29, 1.82) is 5.26 Å². The molecule has 152 valence electrons. The number of H-pyrrole nitrogens is 1. The maximum atomic E-state index is 13.4. The molecule has 4 rings (SSSR count). The van der Waals surface area contributed by atoms with E-state index in [1.165, 1.54) is 29.2 Å². The van der Waals surface area contributed by atoms with E-state index >= 15 is 0 Å². The summed E-state index contributed by atoms with van der Waals surface area (Å²) in [6.45, 7) is 0.433. The molecule has 0 saturated heterocycles. The van der Waals surface area contributed by atoms with E-state index in [1.807, 2.05) is 6.07 Å². The number of benzene rings is 2. The lowest BCUT2D eigenvalue weighted by Gasteiger charge is -2.33. The minimum absolute atomic E-state index is 0.0985. The van der Waals surface area contributed by atoms with Crippen molar-refractivity contribution in [3.63, 3.8) is 0 Å². The summed E-state index contributed by atoms with van der Waals surface area (Å²) >= 11 is 5.78. The van der Waals surface area contributed by atoms with Gasteiger partial charge in [-0.15, -0.1) is 0 Å². The summed E-state index contributed by atoms with van der Waals surface area (Å²) in [6, 6.07) is 9.87. The number of anilines is 1. The number of hydrogen-bond donors (Lipinski definition) is 2. The zero-order valence-corrected chi connectivity index (χ0v) is 16.6. The highest BCUT2D eigenvalue weighted by molar-refractivity contribution is 6.31. The highest BCUT2D eigenvalue weighted by Gasteiger charge is 2.30. The number of hydrogen-bond acceptors (Lipinski definition) is 4. The molecule has 1 aromatic heterocycles. The Labute approximate surface area is 175 Å². The van der Waals surface area contributed by atoms with Crippen molar-refractivity contribution < 1.29 is 13.9 Å². The number of pyridine rings is 1. The number of nitriles is 1. The predicted molar refractivity (Wildman–Crippen MR) is 110 cm³/mol. The van der Waals surface area contributed by atoms with Crippen LogP contribution in [-0.4, -0.2) is 29.6 Å². The number of aromatic amines is 1. The van der Waals surface area contributed by atoms with Gasteiger partial charge in [0.1, 0.15) is 5.82 Å². The highest BCUT2D eigenvalue weighted by Crippen LogP contribution is 2.33. The standard InChI is InChI=1S/C21H16ClFN4O3/c1-27(21(29)25-12-3-5-16(23)15(22)7-12)18-10-30-9-17-19(18)13-4-2-11(8-24)6-14(13)20(28)26-17/h2-7,18H,9-10H2,1H3,(H,25,29)(H,26,28)/t18-/m0/s1. The van der Waals surface area contributed by atoms with Crippen LogP contribution in [0.2, 0.25) is 5.02 Å². The summed E-state index contributed by atoms with van der Waals surface area (Å²) in [5.74, 6) is -0.579. The number of rotatable bonds is 2. The van der Waals surface area contributed by atoms with Crippen LogP contribution in [0.1, 0.15) is 22.9 Å². The number of aromatic nitrogens is 1. The van der Waals surface area contributed by atoms with Crippen LogP contribution in [0, 0.1) is 17.1 Å². The predicted octanol–water partition coefficient (Wildman–Crippen LogP) is 3.93. The smallest absolute Gasteiger partial charge is 0.322 e. The topological polar surface area (TPSA) is 98.2 Å². The van der Waals surface area contributed by atoms with Gasteiger partial charge in [-0.05, 0) is 35.7 Å². The maximum Gasteiger partial charge on any atom is 0.322 e. The molecular weight excluding hydrogens is 411 g/mol. The molecule has 9 heteroatoms. The molecule has 7 nitrogen and oxygen atoms in total. The molecule has 0 saturated carbocycles. The van der Waals surface area contributed by atoms with Crippen LogP contribution < -0.4 is 10.9 Å². The first-order valence-corrected chi connectivity index (χ1v) is 9.42. The molecule has 0 fully saturated rings. The average Bonchev–Trinajstić information content (AvgIpc) is 2.75. The van der Waals surface area contributed by atoms with E-state index in [0.29, 0.717) is 27.7 Å². The summed E-state index contributed by atoms with van der Waals surface area (Å²) in [5, 5.41) is 12.8. The van der Waals surface area contributed by atoms with Crippen LogP contribution in [0.3, 0.4) is 0 Å². The van der Waals surface area contributed by atoms with Gasteiger partial charge in [-0.1, -0.05) is 17.7 Å². The molecule has 3 aromatic rings. The Morgan fingerprint density at radius 3 is 2.87 bits per heavy atom. The van der Waals surface area contributed by atoms with Crippen molar-refractivity contribution in [3.05, 3.63) is 74.4 Å². The van der Waals surface area contributed by atoms with Gasteiger partial charge in [-0.2, -0.15) is 5.26 Å². The Kier molecular flexibility index (Phi) is 5.16. The van der Waals surface area contributed by atoms with Crippen LogP contribution in [0.4, 0.5) is 14.9 Å². The molecule has 1 aliphatic rings. The van der Waals surface area contributed by atoms with Crippen molar-refractivity contribution >= 4 is 34.1 Å². The van der Waals surface area contributed by atoms with Crippen molar-refractivity contribution in [2.45, 2.75) is 12.6 Å². The Balaban J connectivity index is 1.72. The fourth-order valence-electron chi connectivity index (χ4n) is 3.55. The second kappa shape index (κ2) is 7.78. The molecule has 0 aliphatic carbocycles. The highest BCUT2D eigenvalue weighted by atomic mass is 35.5. The van der Waals surface area contributed by atoms with Crippen LogP contribution in [-0.2, 0) is 11.3 Å². The molecule has 0 unspecified atom stereocenters. The fraction of sp³-hybridized carbons (Fsp3) is 0.190. The van der Waals surface area contributed by atoms with Gasteiger partial charge >= 0.3 is 6.03 Å². The van der Waals surface area contributed by atoms with E-state index < -0.39 is 17.9 Å². The van der Waals surface area contributed by atoms with Gasteiger partial charge in [0.2, 0.25) is 0 Å². The summed E-state index contributed by atoms with van der Waals surface area (Å²) < 4.78 is 19.0. The van der Waals surface area contributed by atoms with E-state index in [-0.39, 0.29) is 23.8 Å². The van der Waals surface area contributed by atoms with Gasteiger partial charge in [-0.3, -0.25) is 4.79 Å². The normalized spacial score (nSPS) is 15.3. The number of fused-ring (bicyclic) bond motifs is 3. The molecule has 2 heterocycles. The molecule has 1 aliphatic heterocycles. The quantitative estimate of drug-likeness (QED) is 0.648. The number of halogens is 2. The number of amides is 2. The number of likely N-dealkylation sites (N-methyl/N-ethyl adjacent to an activating group) is 1.